The van der Waals surface area contributed by atoms with E-state index < -0.39 is 0 Å². The topological polar surface area (TPSA) is 0 Å². The van der Waals surface area contributed by atoms with Crippen LogP contribution >= 0.6 is 0 Å². The molecule has 1 aliphatic carbocycles. The first-order valence-electron chi connectivity index (χ1n) is 5.02. The number of rotatable bonds is 1. The second-order valence-corrected chi connectivity index (χ2v) is 3.99. The van der Waals surface area contributed by atoms with Crippen LogP contribution in [0, 0.1) is 0 Å². The molecule has 0 aliphatic heterocycles. The largest absolute Gasteiger partial charge is 0.0995 e. The van der Waals surface area contributed by atoms with Crippen molar-refractivity contribution < 1.29 is 0 Å². The van der Waals surface area contributed by atoms with Crippen molar-refractivity contribution in [3.05, 3.63) is 47.5 Å². The minimum Gasteiger partial charge on any atom is -0.0995 e. The van der Waals surface area contributed by atoms with E-state index in [0.29, 0.717) is 5.92 Å². The Hall–Kier alpha value is -1.04. The van der Waals surface area contributed by atoms with Crippen molar-refractivity contribution >= 4 is 0 Å². The average molecular weight is 172 g/mol. The molecule has 0 N–H and O–H groups in total. The fourth-order valence-corrected chi connectivity index (χ4v) is 2.27. The number of allylic oxidation sites excluding steroid dienone is 1. The fourth-order valence-electron chi connectivity index (χ4n) is 2.27. The molecule has 0 spiro atoms. The quantitative estimate of drug-likeness (QED) is 0.567. The third-order valence-corrected chi connectivity index (χ3v) is 2.96. The lowest BCUT2D eigenvalue weighted by atomic mass is 9.80. The SMILES string of the molecule is C=C(C)C1CCCc2ccccc21. The molecular weight excluding hydrogens is 156 g/mol. The Balaban J connectivity index is 2.42. The summed E-state index contributed by atoms with van der Waals surface area (Å²) in [5.41, 5.74) is 4.36. The summed E-state index contributed by atoms with van der Waals surface area (Å²) in [4.78, 5) is 0. The van der Waals surface area contributed by atoms with Crippen LogP contribution in [0.2, 0.25) is 0 Å². The van der Waals surface area contributed by atoms with Crippen LogP contribution in [-0.2, 0) is 6.42 Å². The van der Waals surface area contributed by atoms with Gasteiger partial charge in [-0.1, -0.05) is 36.4 Å². The van der Waals surface area contributed by atoms with E-state index in [1.807, 2.05) is 0 Å². The maximum absolute atomic E-state index is 4.08. The second-order valence-electron chi connectivity index (χ2n) is 3.99. The molecule has 0 nitrogen and oxygen atoms in total. The van der Waals surface area contributed by atoms with Gasteiger partial charge in [0.25, 0.3) is 0 Å². The summed E-state index contributed by atoms with van der Waals surface area (Å²) < 4.78 is 0. The van der Waals surface area contributed by atoms with E-state index in [0.717, 1.165) is 0 Å². The molecule has 13 heavy (non-hydrogen) atoms. The van der Waals surface area contributed by atoms with Gasteiger partial charge in [0.15, 0.2) is 0 Å². The molecule has 0 aromatic heterocycles. The van der Waals surface area contributed by atoms with Gasteiger partial charge in [-0.2, -0.15) is 0 Å². The zero-order valence-corrected chi connectivity index (χ0v) is 8.22. The number of aryl methyl sites for hydroxylation is 1. The van der Waals surface area contributed by atoms with Gasteiger partial charge in [0, 0.05) is 5.92 Å². The van der Waals surface area contributed by atoms with Gasteiger partial charge in [0.05, 0.1) is 0 Å². The van der Waals surface area contributed by atoms with Gasteiger partial charge in [-0.3, -0.25) is 0 Å². The molecule has 1 aliphatic rings. The van der Waals surface area contributed by atoms with E-state index in [4.69, 9.17) is 0 Å². The molecule has 0 radical (unpaired) electrons. The van der Waals surface area contributed by atoms with Gasteiger partial charge in [0.2, 0.25) is 0 Å². The first-order valence-corrected chi connectivity index (χ1v) is 5.02. The summed E-state index contributed by atoms with van der Waals surface area (Å²) in [6, 6.07) is 8.79. The highest BCUT2D eigenvalue weighted by Crippen LogP contribution is 2.35. The van der Waals surface area contributed by atoms with Gasteiger partial charge >= 0.3 is 0 Å². The smallest absolute Gasteiger partial charge is 0.00455 e. The fraction of sp³-hybridized carbons (Fsp3) is 0.385. The molecule has 0 saturated heterocycles. The van der Waals surface area contributed by atoms with E-state index >= 15 is 0 Å². The highest BCUT2D eigenvalue weighted by Gasteiger charge is 2.19. The van der Waals surface area contributed by atoms with Crippen molar-refractivity contribution in [3.63, 3.8) is 0 Å². The number of hydrogen-bond acceptors (Lipinski definition) is 0. The van der Waals surface area contributed by atoms with Crippen LogP contribution in [0.3, 0.4) is 0 Å². The maximum Gasteiger partial charge on any atom is 0.00455 e. The molecule has 68 valence electrons. The van der Waals surface area contributed by atoms with Gasteiger partial charge < -0.3 is 0 Å². The Morgan fingerprint density at radius 2 is 2.15 bits per heavy atom. The van der Waals surface area contributed by atoms with E-state index in [2.05, 4.69) is 37.8 Å². The maximum atomic E-state index is 4.08. The van der Waals surface area contributed by atoms with Crippen LogP contribution in [0.5, 0.6) is 0 Å². The number of benzene rings is 1. The van der Waals surface area contributed by atoms with Crippen molar-refractivity contribution in [1.29, 1.82) is 0 Å². The zero-order chi connectivity index (χ0) is 9.26. The second kappa shape index (κ2) is 3.37. The van der Waals surface area contributed by atoms with Crippen molar-refractivity contribution in [1.82, 2.24) is 0 Å². The first-order chi connectivity index (χ1) is 6.29. The van der Waals surface area contributed by atoms with Crippen LogP contribution in [0.25, 0.3) is 0 Å². The summed E-state index contributed by atoms with van der Waals surface area (Å²) in [6.45, 7) is 6.22. The van der Waals surface area contributed by atoms with Crippen molar-refractivity contribution in [2.75, 3.05) is 0 Å². The van der Waals surface area contributed by atoms with E-state index in [-0.39, 0.29) is 0 Å². The summed E-state index contributed by atoms with van der Waals surface area (Å²) >= 11 is 0. The molecule has 1 aromatic carbocycles. The van der Waals surface area contributed by atoms with Crippen LogP contribution in [-0.4, -0.2) is 0 Å². The highest BCUT2D eigenvalue weighted by molar-refractivity contribution is 5.36. The summed E-state index contributed by atoms with van der Waals surface area (Å²) in [7, 11) is 0. The molecule has 0 heteroatoms. The highest BCUT2D eigenvalue weighted by atomic mass is 14.2. The molecule has 1 unspecified atom stereocenters. The predicted octanol–water partition coefficient (Wildman–Crippen LogP) is 3.68. The van der Waals surface area contributed by atoms with Crippen LogP contribution < -0.4 is 0 Å². The zero-order valence-electron chi connectivity index (χ0n) is 8.22. The predicted molar refractivity (Wildman–Crippen MR) is 56.9 cm³/mol. The number of fused-ring (bicyclic) bond motifs is 1. The van der Waals surface area contributed by atoms with Crippen molar-refractivity contribution in [2.24, 2.45) is 0 Å². The lowest BCUT2D eigenvalue weighted by Crippen LogP contribution is -2.09. The minimum atomic E-state index is 0.616. The van der Waals surface area contributed by atoms with Gasteiger partial charge in [-0.25, -0.2) is 0 Å². The molecule has 0 amide bonds. The van der Waals surface area contributed by atoms with Crippen LogP contribution in [0.1, 0.15) is 36.8 Å². The lowest BCUT2D eigenvalue weighted by Gasteiger charge is -2.25. The van der Waals surface area contributed by atoms with Crippen LogP contribution in [0.15, 0.2) is 36.4 Å². The third-order valence-electron chi connectivity index (χ3n) is 2.96. The molecule has 0 heterocycles. The van der Waals surface area contributed by atoms with E-state index in [9.17, 15) is 0 Å². The van der Waals surface area contributed by atoms with Crippen molar-refractivity contribution in [3.8, 4) is 0 Å². The Morgan fingerprint density at radius 3 is 2.92 bits per heavy atom. The lowest BCUT2D eigenvalue weighted by molar-refractivity contribution is 0.609. The van der Waals surface area contributed by atoms with E-state index in [1.165, 1.54) is 36.0 Å². The molecule has 1 aromatic rings. The van der Waals surface area contributed by atoms with Gasteiger partial charge in [0.1, 0.15) is 0 Å². The first kappa shape index (κ1) is 8.55. The summed E-state index contributed by atoms with van der Waals surface area (Å²) in [6.07, 6.45) is 3.85. The average Bonchev–Trinajstić information content (AvgIpc) is 2.17. The van der Waals surface area contributed by atoms with E-state index in [1.54, 1.807) is 0 Å². The minimum absolute atomic E-state index is 0.616. The Kier molecular flexibility index (Phi) is 2.22. The van der Waals surface area contributed by atoms with Gasteiger partial charge in [-0.05, 0) is 37.3 Å². The molecule has 2 rings (SSSR count). The Bertz CT molecular complexity index is 323. The normalized spacial score (nSPS) is 20.8. The van der Waals surface area contributed by atoms with Gasteiger partial charge in [-0.15, -0.1) is 0 Å². The monoisotopic (exact) mass is 172 g/mol. The van der Waals surface area contributed by atoms with Crippen LogP contribution in [0.4, 0.5) is 0 Å². The molecule has 0 saturated carbocycles. The Morgan fingerprint density at radius 1 is 1.38 bits per heavy atom. The Labute approximate surface area is 80.3 Å². The third kappa shape index (κ3) is 1.53. The molecule has 0 bridgehead atoms. The molecule has 0 fully saturated rings. The standard InChI is InChI=1S/C13H16/c1-10(2)12-9-5-7-11-6-3-4-8-13(11)12/h3-4,6,8,12H,1,5,7,9H2,2H3. The van der Waals surface area contributed by atoms with Crippen molar-refractivity contribution in [2.45, 2.75) is 32.1 Å². The summed E-state index contributed by atoms with van der Waals surface area (Å²) in [5.74, 6) is 0.616. The number of hydrogen-bond donors (Lipinski definition) is 0. The summed E-state index contributed by atoms with van der Waals surface area (Å²) in [5, 5.41) is 0. The molecule has 1 atom stereocenters. The molecular formula is C13H16.